The van der Waals surface area contributed by atoms with Crippen LogP contribution in [0.15, 0.2) is 4.99 Å². The molecular formula is C15H31N3O. The quantitative estimate of drug-likeness (QED) is 0.377. The Kier molecular flexibility index (Phi) is 7.87. The van der Waals surface area contributed by atoms with Gasteiger partial charge in [0.15, 0.2) is 5.96 Å². The normalized spacial score (nSPS) is 23.9. The van der Waals surface area contributed by atoms with Crippen molar-refractivity contribution in [2.75, 3.05) is 19.6 Å². The third-order valence-corrected chi connectivity index (χ3v) is 3.70. The minimum absolute atomic E-state index is 0.146. The average molecular weight is 269 g/mol. The molecule has 0 aromatic carbocycles. The van der Waals surface area contributed by atoms with E-state index in [1.165, 1.54) is 12.8 Å². The third-order valence-electron chi connectivity index (χ3n) is 3.70. The minimum Gasteiger partial charge on any atom is -0.393 e. The molecule has 0 aliphatic heterocycles. The summed E-state index contributed by atoms with van der Waals surface area (Å²) in [5.74, 6) is 2.01. The molecule has 0 amide bonds. The lowest BCUT2D eigenvalue weighted by atomic mass is 10.1. The highest BCUT2D eigenvalue weighted by molar-refractivity contribution is 5.79. The number of hydrogen-bond acceptors (Lipinski definition) is 2. The molecule has 2 unspecified atom stereocenters. The fourth-order valence-electron chi connectivity index (χ4n) is 2.50. The summed E-state index contributed by atoms with van der Waals surface area (Å²) in [6.45, 7) is 9.17. The fraction of sp³-hybridized carbons (Fsp3) is 0.933. The summed E-state index contributed by atoms with van der Waals surface area (Å²) in [4.78, 5) is 4.60. The van der Waals surface area contributed by atoms with Gasteiger partial charge in [0.2, 0.25) is 0 Å². The second-order valence-electron chi connectivity index (χ2n) is 5.94. The molecule has 0 aromatic rings. The number of guanidine groups is 1. The highest BCUT2D eigenvalue weighted by Crippen LogP contribution is 2.25. The first-order chi connectivity index (χ1) is 9.13. The number of aliphatic hydroxyl groups is 1. The Morgan fingerprint density at radius 1 is 1.32 bits per heavy atom. The standard InChI is InChI=1S/C15H31N3O/c1-4-16-15(17-10-6-7-12(2)3)18-11-13-8-5-9-14(13)19/h12-14,19H,4-11H2,1-3H3,(H2,16,17,18). The van der Waals surface area contributed by atoms with Gasteiger partial charge < -0.3 is 15.7 Å². The summed E-state index contributed by atoms with van der Waals surface area (Å²) in [7, 11) is 0. The predicted molar refractivity (Wildman–Crippen MR) is 81.4 cm³/mol. The van der Waals surface area contributed by atoms with Gasteiger partial charge in [-0.25, -0.2) is 0 Å². The van der Waals surface area contributed by atoms with Gasteiger partial charge in [-0.05, 0) is 38.5 Å². The molecule has 0 spiro atoms. The number of rotatable bonds is 7. The lowest BCUT2D eigenvalue weighted by molar-refractivity contribution is 0.136. The first-order valence-electron chi connectivity index (χ1n) is 7.83. The summed E-state index contributed by atoms with van der Waals surface area (Å²) in [5.41, 5.74) is 0. The van der Waals surface area contributed by atoms with Gasteiger partial charge >= 0.3 is 0 Å². The molecular weight excluding hydrogens is 238 g/mol. The van der Waals surface area contributed by atoms with Crippen molar-refractivity contribution in [2.45, 2.75) is 59.0 Å². The second-order valence-corrected chi connectivity index (χ2v) is 5.94. The average Bonchev–Trinajstić information content (AvgIpc) is 2.77. The van der Waals surface area contributed by atoms with Crippen LogP contribution in [0.4, 0.5) is 0 Å². The molecule has 0 saturated heterocycles. The SMILES string of the molecule is CCNC(=NCC1CCCC1O)NCCCC(C)C. The molecule has 0 aromatic heterocycles. The number of aliphatic hydroxyl groups excluding tert-OH is 1. The van der Waals surface area contributed by atoms with Gasteiger partial charge in [-0.15, -0.1) is 0 Å². The zero-order valence-corrected chi connectivity index (χ0v) is 12.8. The number of nitrogens with zero attached hydrogens (tertiary/aromatic N) is 1. The zero-order chi connectivity index (χ0) is 14.1. The lowest BCUT2D eigenvalue weighted by Gasteiger charge is -2.15. The lowest BCUT2D eigenvalue weighted by Crippen LogP contribution is -2.38. The van der Waals surface area contributed by atoms with Crippen LogP contribution >= 0.6 is 0 Å². The Morgan fingerprint density at radius 2 is 2.11 bits per heavy atom. The molecule has 4 nitrogen and oxygen atoms in total. The van der Waals surface area contributed by atoms with Crippen LogP contribution in [-0.2, 0) is 0 Å². The van der Waals surface area contributed by atoms with E-state index in [0.717, 1.165) is 50.8 Å². The van der Waals surface area contributed by atoms with Gasteiger partial charge in [-0.2, -0.15) is 0 Å². The van der Waals surface area contributed by atoms with Gasteiger partial charge in [0.05, 0.1) is 6.10 Å². The van der Waals surface area contributed by atoms with Crippen LogP contribution in [0, 0.1) is 11.8 Å². The Bertz CT molecular complexity index is 266. The van der Waals surface area contributed by atoms with Crippen molar-refractivity contribution in [2.24, 2.45) is 16.8 Å². The molecule has 1 rings (SSSR count). The van der Waals surface area contributed by atoms with E-state index in [-0.39, 0.29) is 6.10 Å². The Labute approximate surface area is 118 Å². The maximum atomic E-state index is 9.80. The summed E-state index contributed by atoms with van der Waals surface area (Å²) >= 11 is 0. The predicted octanol–water partition coefficient (Wildman–Crippen LogP) is 2.14. The van der Waals surface area contributed by atoms with E-state index >= 15 is 0 Å². The summed E-state index contributed by atoms with van der Waals surface area (Å²) in [6, 6.07) is 0. The largest absolute Gasteiger partial charge is 0.393 e. The molecule has 1 fully saturated rings. The topological polar surface area (TPSA) is 56.7 Å². The van der Waals surface area contributed by atoms with Crippen molar-refractivity contribution in [3.05, 3.63) is 0 Å². The van der Waals surface area contributed by atoms with Gasteiger partial charge in [0.1, 0.15) is 0 Å². The number of aliphatic imine (C=N–C) groups is 1. The van der Waals surface area contributed by atoms with Crippen LogP contribution in [0.3, 0.4) is 0 Å². The maximum Gasteiger partial charge on any atom is 0.191 e. The Balaban J connectivity index is 2.29. The summed E-state index contributed by atoms with van der Waals surface area (Å²) in [5, 5.41) is 16.4. The molecule has 0 radical (unpaired) electrons. The highest BCUT2D eigenvalue weighted by Gasteiger charge is 2.24. The van der Waals surface area contributed by atoms with Crippen LogP contribution in [0.5, 0.6) is 0 Å². The van der Waals surface area contributed by atoms with Crippen LogP contribution < -0.4 is 10.6 Å². The van der Waals surface area contributed by atoms with E-state index in [0.29, 0.717) is 5.92 Å². The van der Waals surface area contributed by atoms with Crippen molar-refractivity contribution in [1.29, 1.82) is 0 Å². The van der Waals surface area contributed by atoms with Crippen molar-refractivity contribution in [3.63, 3.8) is 0 Å². The smallest absolute Gasteiger partial charge is 0.191 e. The summed E-state index contributed by atoms with van der Waals surface area (Å²) < 4.78 is 0. The molecule has 0 heterocycles. The van der Waals surface area contributed by atoms with Crippen LogP contribution in [0.1, 0.15) is 52.9 Å². The van der Waals surface area contributed by atoms with Gasteiger partial charge in [0.25, 0.3) is 0 Å². The summed E-state index contributed by atoms with van der Waals surface area (Å²) in [6.07, 6.45) is 5.46. The molecule has 2 atom stereocenters. The Morgan fingerprint density at radius 3 is 2.68 bits per heavy atom. The van der Waals surface area contributed by atoms with Gasteiger partial charge in [-0.3, -0.25) is 4.99 Å². The maximum absolute atomic E-state index is 9.80. The Hall–Kier alpha value is -0.770. The van der Waals surface area contributed by atoms with E-state index in [1.807, 2.05) is 0 Å². The number of nitrogens with one attached hydrogen (secondary N) is 2. The number of hydrogen-bond donors (Lipinski definition) is 3. The molecule has 3 N–H and O–H groups in total. The minimum atomic E-state index is -0.146. The molecule has 4 heteroatoms. The monoisotopic (exact) mass is 269 g/mol. The highest BCUT2D eigenvalue weighted by atomic mass is 16.3. The van der Waals surface area contributed by atoms with Gasteiger partial charge in [-0.1, -0.05) is 20.3 Å². The van der Waals surface area contributed by atoms with Crippen molar-refractivity contribution >= 4 is 5.96 Å². The van der Waals surface area contributed by atoms with Gasteiger partial charge in [0, 0.05) is 25.6 Å². The first kappa shape index (κ1) is 16.3. The molecule has 112 valence electrons. The van der Waals surface area contributed by atoms with Crippen LogP contribution in [0.2, 0.25) is 0 Å². The second kappa shape index (κ2) is 9.18. The zero-order valence-electron chi connectivity index (χ0n) is 12.8. The van der Waals surface area contributed by atoms with E-state index in [9.17, 15) is 5.11 Å². The fourth-order valence-corrected chi connectivity index (χ4v) is 2.50. The third kappa shape index (κ3) is 6.81. The molecule has 0 bridgehead atoms. The van der Waals surface area contributed by atoms with E-state index < -0.39 is 0 Å². The first-order valence-corrected chi connectivity index (χ1v) is 7.83. The van der Waals surface area contributed by atoms with Crippen LogP contribution in [-0.4, -0.2) is 36.8 Å². The van der Waals surface area contributed by atoms with Crippen molar-refractivity contribution in [1.82, 2.24) is 10.6 Å². The van der Waals surface area contributed by atoms with E-state index in [1.54, 1.807) is 0 Å². The van der Waals surface area contributed by atoms with Crippen molar-refractivity contribution < 1.29 is 5.11 Å². The van der Waals surface area contributed by atoms with E-state index in [2.05, 4.69) is 36.4 Å². The molecule has 1 saturated carbocycles. The molecule has 1 aliphatic rings. The molecule has 1 aliphatic carbocycles. The van der Waals surface area contributed by atoms with Crippen molar-refractivity contribution in [3.8, 4) is 0 Å². The van der Waals surface area contributed by atoms with E-state index in [4.69, 9.17) is 0 Å². The molecule has 19 heavy (non-hydrogen) atoms. The van der Waals surface area contributed by atoms with Crippen LogP contribution in [0.25, 0.3) is 0 Å².